The van der Waals surface area contributed by atoms with Crippen LogP contribution >= 0.6 is 0 Å². The Morgan fingerprint density at radius 2 is 0.866 bits per heavy atom. The van der Waals surface area contributed by atoms with Gasteiger partial charge in [-0.1, -0.05) is 206 Å². The van der Waals surface area contributed by atoms with Crippen LogP contribution in [0.25, 0.3) is 71.6 Å². The maximum atomic E-state index is 2.52. The van der Waals surface area contributed by atoms with E-state index < -0.39 is 5.41 Å². The summed E-state index contributed by atoms with van der Waals surface area (Å²) in [6.07, 6.45) is 0. The van der Waals surface area contributed by atoms with Crippen molar-refractivity contribution in [1.82, 2.24) is 4.57 Å². The highest BCUT2D eigenvalue weighted by molar-refractivity contribution is 6.22. The zero-order chi connectivity index (χ0) is 44.3. The number of para-hydroxylation sites is 2. The van der Waals surface area contributed by atoms with Crippen LogP contribution < -0.4 is 4.90 Å². The quantitative estimate of drug-likeness (QED) is 0.148. The summed E-state index contributed by atoms with van der Waals surface area (Å²) in [5.74, 6) is 0. The maximum Gasteiger partial charge on any atom is 0.0714 e. The molecule has 0 radical (unpaired) electrons. The van der Waals surface area contributed by atoms with Gasteiger partial charge in [0.1, 0.15) is 0 Å². The van der Waals surface area contributed by atoms with Gasteiger partial charge in [-0.05, 0) is 127 Å². The molecule has 67 heavy (non-hydrogen) atoms. The van der Waals surface area contributed by atoms with Gasteiger partial charge in [0.25, 0.3) is 0 Å². The van der Waals surface area contributed by atoms with E-state index in [2.05, 4.69) is 276 Å². The Balaban J connectivity index is 1.03. The third-order valence-corrected chi connectivity index (χ3v) is 14.0. The van der Waals surface area contributed by atoms with Gasteiger partial charge in [0.05, 0.1) is 16.4 Å². The Kier molecular flexibility index (Phi) is 9.11. The molecule has 12 aromatic rings. The van der Waals surface area contributed by atoms with Crippen LogP contribution in [0.4, 0.5) is 17.1 Å². The van der Waals surface area contributed by atoms with Crippen molar-refractivity contribution in [1.29, 1.82) is 0 Å². The van der Waals surface area contributed by atoms with Crippen molar-refractivity contribution in [2.45, 2.75) is 5.41 Å². The number of hydrogen-bond donors (Lipinski definition) is 0. The first kappa shape index (κ1) is 38.7. The number of anilines is 3. The van der Waals surface area contributed by atoms with Crippen LogP contribution in [0.2, 0.25) is 0 Å². The zero-order valence-electron chi connectivity index (χ0n) is 36.8. The lowest BCUT2D eigenvalue weighted by Gasteiger charge is -2.34. The third kappa shape index (κ3) is 6.11. The molecule has 2 heteroatoms. The molecule has 0 saturated carbocycles. The van der Waals surface area contributed by atoms with E-state index in [0.29, 0.717) is 0 Å². The van der Waals surface area contributed by atoms with E-state index in [-0.39, 0.29) is 0 Å². The smallest absolute Gasteiger partial charge is 0.0714 e. The van der Waals surface area contributed by atoms with E-state index in [9.17, 15) is 0 Å². The monoisotopic (exact) mass is 852 g/mol. The summed E-state index contributed by atoms with van der Waals surface area (Å²) in [7, 11) is 0. The van der Waals surface area contributed by atoms with Crippen LogP contribution in [-0.4, -0.2) is 4.57 Å². The minimum Gasteiger partial charge on any atom is -0.310 e. The van der Waals surface area contributed by atoms with Crippen molar-refractivity contribution < 1.29 is 0 Å². The van der Waals surface area contributed by atoms with Crippen LogP contribution in [0, 0.1) is 0 Å². The summed E-state index contributed by atoms with van der Waals surface area (Å²) in [4.78, 5) is 2.33. The number of hydrogen-bond acceptors (Lipinski definition) is 1. The molecule has 1 aromatic heterocycles. The fourth-order valence-electron chi connectivity index (χ4n) is 11.2. The van der Waals surface area contributed by atoms with E-state index in [1.54, 1.807) is 0 Å². The molecule has 0 N–H and O–H groups in total. The molecule has 0 spiro atoms. The normalized spacial score (nSPS) is 12.6. The molecule has 0 atom stereocenters. The number of fused-ring (bicyclic) bond motifs is 8. The second-order valence-corrected chi connectivity index (χ2v) is 17.6. The molecule has 0 bridgehead atoms. The van der Waals surface area contributed by atoms with Crippen LogP contribution in [0.5, 0.6) is 0 Å². The van der Waals surface area contributed by atoms with Crippen molar-refractivity contribution in [3.63, 3.8) is 0 Å². The third-order valence-electron chi connectivity index (χ3n) is 14.0. The van der Waals surface area contributed by atoms with E-state index in [0.717, 1.165) is 28.3 Å². The molecular weight excluding hydrogens is 809 g/mol. The molecular formula is C65H44N2. The van der Waals surface area contributed by atoms with Gasteiger partial charge in [0.2, 0.25) is 0 Å². The van der Waals surface area contributed by atoms with Crippen molar-refractivity contribution in [2.24, 2.45) is 0 Å². The molecule has 314 valence electrons. The Labute approximate surface area is 390 Å². The molecule has 0 amide bonds. The molecule has 0 fully saturated rings. The molecule has 1 aliphatic carbocycles. The molecule has 1 aliphatic rings. The molecule has 13 rings (SSSR count). The number of benzene rings is 11. The number of nitrogens with zero attached hydrogens (tertiary/aromatic N) is 2. The lowest BCUT2D eigenvalue weighted by atomic mass is 9.67. The summed E-state index contributed by atoms with van der Waals surface area (Å²) in [5, 5.41) is 4.99. The summed E-state index contributed by atoms with van der Waals surface area (Å²) in [5.41, 5.74) is 18.7. The van der Waals surface area contributed by atoms with Gasteiger partial charge < -0.3 is 9.47 Å². The fraction of sp³-hybridized carbons (Fsp3) is 0.0154. The molecule has 1 heterocycles. The van der Waals surface area contributed by atoms with Crippen molar-refractivity contribution in [2.75, 3.05) is 4.90 Å². The fourth-order valence-corrected chi connectivity index (χ4v) is 11.2. The van der Waals surface area contributed by atoms with Crippen LogP contribution in [0.15, 0.2) is 267 Å². The topological polar surface area (TPSA) is 8.17 Å². The van der Waals surface area contributed by atoms with Gasteiger partial charge in [0, 0.05) is 33.5 Å². The Morgan fingerprint density at radius 3 is 1.55 bits per heavy atom. The highest BCUT2D eigenvalue weighted by Gasteiger charge is 2.46. The maximum absolute atomic E-state index is 2.52. The van der Waals surface area contributed by atoms with Gasteiger partial charge in [-0.2, -0.15) is 0 Å². The molecule has 0 saturated heterocycles. The van der Waals surface area contributed by atoms with Gasteiger partial charge in [-0.3, -0.25) is 0 Å². The van der Waals surface area contributed by atoms with Crippen LogP contribution in [-0.2, 0) is 5.41 Å². The van der Waals surface area contributed by atoms with E-state index in [4.69, 9.17) is 0 Å². The van der Waals surface area contributed by atoms with Gasteiger partial charge in [-0.15, -0.1) is 0 Å². The predicted octanol–water partition coefficient (Wildman–Crippen LogP) is 17.1. The van der Waals surface area contributed by atoms with Crippen LogP contribution in [0.1, 0.15) is 22.3 Å². The minimum atomic E-state index is -0.509. The average molecular weight is 853 g/mol. The molecule has 2 nitrogen and oxygen atoms in total. The summed E-state index contributed by atoms with van der Waals surface area (Å²) in [6.45, 7) is 0. The minimum absolute atomic E-state index is 0.509. The van der Waals surface area contributed by atoms with Crippen molar-refractivity contribution >= 4 is 49.6 Å². The van der Waals surface area contributed by atoms with Crippen molar-refractivity contribution in [3.8, 4) is 39.1 Å². The average Bonchev–Trinajstić information content (AvgIpc) is 3.90. The highest BCUT2D eigenvalue weighted by atomic mass is 15.1. The Morgan fingerprint density at radius 1 is 0.313 bits per heavy atom. The lowest BCUT2D eigenvalue weighted by Crippen LogP contribution is -2.28. The summed E-state index contributed by atoms with van der Waals surface area (Å²) in [6, 6.07) is 98.0. The summed E-state index contributed by atoms with van der Waals surface area (Å²) < 4.78 is 2.52. The van der Waals surface area contributed by atoms with E-state index >= 15 is 0 Å². The number of aromatic nitrogens is 1. The molecule has 0 aliphatic heterocycles. The second kappa shape index (κ2) is 15.8. The van der Waals surface area contributed by atoms with Gasteiger partial charge in [0.15, 0.2) is 0 Å². The summed E-state index contributed by atoms with van der Waals surface area (Å²) >= 11 is 0. The standard InChI is InChI=1S/C65H44N2/c1-5-22-48(23-6-1)65(49-24-7-2-8-25-49)60-35-18-17-34-57(60)58-40-38-53(44-61(58)65)67-62-41-37-45-20-13-14-33-56(45)64(62)59-39-36-47(43-63(59)67)55-32-16-15-31-54(55)46-21-19-30-52(42-46)66(50-26-9-3-10-27-50)51-28-11-4-12-29-51/h1-44H. The number of rotatable bonds is 8. The largest absolute Gasteiger partial charge is 0.310 e. The van der Waals surface area contributed by atoms with E-state index in [1.165, 1.54) is 82.6 Å². The van der Waals surface area contributed by atoms with Gasteiger partial charge in [-0.25, -0.2) is 0 Å². The molecule has 11 aromatic carbocycles. The first-order valence-corrected chi connectivity index (χ1v) is 23.2. The predicted molar refractivity (Wildman–Crippen MR) is 281 cm³/mol. The Bertz CT molecular complexity index is 3720. The first-order valence-electron chi connectivity index (χ1n) is 23.2. The zero-order valence-corrected chi connectivity index (χ0v) is 36.8. The molecule has 0 unspecified atom stereocenters. The Hall–Kier alpha value is -8.72. The first-order chi connectivity index (χ1) is 33.3. The van der Waals surface area contributed by atoms with Crippen molar-refractivity contribution in [3.05, 3.63) is 289 Å². The SMILES string of the molecule is c1ccc(N(c2ccccc2)c2cccc(-c3ccccc3-c3ccc4c5c6ccccc6ccc5n(-c5ccc6c(c5)C(c5ccccc5)(c5ccccc5)c5ccccc5-6)c4c3)c2)cc1. The highest BCUT2D eigenvalue weighted by Crippen LogP contribution is 2.57. The second-order valence-electron chi connectivity index (χ2n) is 17.6. The van der Waals surface area contributed by atoms with Gasteiger partial charge >= 0.3 is 0 Å². The lowest BCUT2D eigenvalue weighted by molar-refractivity contribution is 0.767. The van der Waals surface area contributed by atoms with E-state index in [1.807, 2.05) is 0 Å². The van der Waals surface area contributed by atoms with Crippen LogP contribution in [0.3, 0.4) is 0 Å².